The van der Waals surface area contributed by atoms with Gasteiger partial charge in [-0.2, -0.15) is 0 Å². The molecule has 4 aromatic rings. The number of aromatic carboxylic acids is 1. The third-order valence-electron chi connectivity index (χ3n) is 4.75. The van der Waals surface area contributed by atoms with Gasteiger partial charge < -0.3 is 5.11 Å². The highest BCUT2D eigenvalue weighted by atomic mass is 32.2. The molecule has 4 rings (SSSR count). The van der Waals surface area contributed by atoms with Gasteiger partial charge in [-0.15, -0.1) is 0 Å². The van der Waals surface area contributed by atoms with E-state index in [1.807, 2.05) is 18.2 Å². The van der Waals surface area contributed by atoms with Gasteiger partial charge in [0, 0.05) is 16.5 Å². The van der Waals surface area contributed by atoms with Crippen LogP contribution in [0.2, 0.25) is 0 Å². The summed E-state index contributed by atoms with van der Waals surface area (Å²) in [4.78, 5) is 11.1. The zero-order valence-corrected chi connectivity index (χ0v) is 17.4. The smallest absolute Gasteiger partial charge is 0.338 e. The molecule has 32 heavy (non-hydrogen) atoms. The summed E-state index contributed by atoms with van der Waals surface area (Å²) < 4.78 is 42.7. The number of benzene rings is 4. The van der Waals surface area contributed by atoms with Crippen LogP contribution in [0.15, 0.2) is 89.8 Å². The predicted molar refractivity (Wildman–Crippen MR) is 121 cm³/mol. The van der Waals surface area contributed by atoms with Crippen molar-refractivity contribution in [2.24, 2.45) is 0 Å². The quantitative estimate of drug-likeness (QED) is 0.439. The molecule has 4 aromatic carbocycles. The lowest BCUT2D eigenvalue weighted by Gasteiger charge is -2.12. The van der Waals surface area contributed by atoms with Crippen LogP contribution in [0.4, 0.5) is 10.1 Å². The van der Waals surface area contributed by atoms with E-state index < -0.39 is 27.4 Å². The van der Waals surface area contributed by atoms with Crippen LogP contribution in [0.3, 0.4) is 0 Å². The van der Waals surface area contributed by atoms with E-state index >= 15 is 0 Å². The van der Waals surface area contributed by atoms with Crippen molar-refractivity contribution in [3.05, 3.63) is 107 Å². The number of para-hydroxylation sites is 1. The first-order chi connectivity index (χ1) is 15.3. The molecule has 0 unspecified atom stereocenters. The molecule has 0 aliphatic rings. The Morgan fingerprint density at radius 1 is 0.875 bits per heavy atom. The number of sulfonamides is 1. The molecule has 0 saturated heterocycles. The zero-order valence-electron chi connectivity index (χ0n) is 16.5. The molecule has 0 aliphatic heterocycles. The van der Waals surface area contributed by atoms with E-state index in [2.05, 4.69) is 16.6 Å². The molecule has 0 fully saturated rings. The van der Waals surface area contributed by atoms with Crippen molar-refractivity contribution in [3.8, 4) is 11.8 Å². The van der Waals surface area contributed by atoms with Crippen LogP contribution >= 0.6 is 0 Å². The summed E-state index contributed by atoms with van der Waals surface area (Å²) in [5.41, 5.74) is 0.479. The first-order valence-electron chi connectivity index (χ1n) is 9.50. The van der Waals surface area contributed by atoms with Gasteiger partial charge in [0.15, 0.2) is 0 Å². The highest BCUT2D eigenvalue weighted by Gasteiger charge is 2.18. The average Bonchev–Trinajstić information content (AvgIpc) is 2.77. The molecule has 7 heteroatoms. The summed E-state index contributed by atoms with van der Waals surface area (Å²) in [6.45, 7) is 0. The molecule has 158 valence electrons. The van der Waals surface area contributed by atoms with Crippen molar-refractivity contribution < 1.29 is 22.7 Å². The molecule has 0 aromatic heterocycles. The average molecular weight is 445 g/mol. The molecule has 0 atom stereocenters. The lowest BCUT2D eigenvalue weighted by atomic mass is 10.1. The summed E-state index contributed by atoms with van der Waals surface area (Å²) in [6.07, 6.45) is 0. The van der Waals surface area contributed by atoms with E-state index in [9.17, 15) is 17.6 Å². The SMILES string of the molecule is O=C(O)c1ccc(C#Cc2ccccc2NS(=O)(=O)c2cccc3ccccc23)cc1F. The largest absolute Gasteiger partial charge is 0.478 e. The first-order valence-corrected chi connectivity index (χ1v) is 11.0. The van der Waals surface area contributed by atoms with Gasteiger partial charge in [-0.25, -0.2) is 17.6 Å². The maximum atomic E-state index is 13.9. The highest BCUT2D eigenvalue weighted by molar-refractivity contribution is 7.93. The van der Waals surface area contributed by atoms with E-state index in [0.29, 0.717) is 10.9 Å². The number of anilines is 1. The van der Waals surface area contributed by atoms with Gasteiger partial charge in [0.05, 0.1) is 16.1 Å². The maximum Gasteiger partial charge on any atom is 0.338 e. The summed E-state index contributed by atoms with van der Waals surface area (Å²) in [5.74, 6) is 3.31. The first kappa shape index (κ1) is 21.1. The molecule has 0 amide bonds. The predicted octanol–water partition coefficient (Wildman–Crippen LogP) is 4.88. The number of rotatable bonds is 4. The Bertz CT molecular complexity index is 1510. The fraction of sp³-hybridized carbons (Fsp3) is 0. The molecule has 2 N–H and O–H groups in total. The Kier molecular flexibility index (Phi) is 5.63. The fourth-order valence-corrected chi connectivity index (χ4v) is 4.53. The molecule has 5 nitrogen and oxygen atoms in total. The summed E-state index contributed by atoms with van der Waals surface area (Å²) >= 11 is 0. The molecule has 0 radical (unpaired) electrons. The number of carbonyl (C=O) groups is 1. The van der Waals surface area contributed by atoms with Gasteiger partial charge in [0.2, 0.25) is 0 Å². The molecule has 0 aliphatic carbocycles. The van der Waals surface area contributed by atoms with Crippen LogP contribution in [-0.2, 0) is 10.0 Å². The van der Waals surface area contributed by atoms with Crippen LogP contribution in [-0.4, -0.2) is 19.5 Å². The third-order valence-corrected chi connectivity index (χ3v) is 6.18. The van der Waals surface area contributed by atoms with Crippen LogP contribution in [0.25, 0.3) is 10.8 Å². The number of carboxylic acids is 1. The summed E-state index contributed by atoms with van der Waals surface area (Å²) in [5, 5.41) is 10.3. The molecule has 0 saturated carbocycles. The second-order valence-electron chi connectivity index (χ2n) is 6.88. The van der Waals surface area contributed by atoms with Gasteiger partial charge in [0.25, 0.3) is 10.0 Å². The summed E-state index contributed by atoms with van der Waals surface area (Å²) in [6, 6.07) is 22.4. The van der Waals surface area contributed by atoms with Crippen molar-refractivity contribution >= 4 is 32.5 Å². The number of halogens is 1. The minimum absolute atomic E-state index is 0.143. The topological polar surface area (TPSA) is 83.5 Å². The Labute approximate surface area is 184 Å². The minimum Gasteiger partial charge on any atom is -0.478 e. The highest BCUT2D eigenvalue weighted by Crippen LogP contribution is 2.26. The van der Waals surface area contributed by atoms with Crippen LogP contribution in [0.1, 0.15) is 21.5 Å². The number of fused-ring (bicyclic) bond motifs is 1. The Morgan fingerprint density at radius 3 is 2.38 bits per heavy atom. The van der Waals surface area contributed by atoms with E-state index in [1.165, 1.54) is 12.1 Å². The van der Waals surface area contributed by atoms with E-state index in [-0.39, 0.29) is 16.1 Å². The molecule has 0 spiro atoms. The Hall–Kier alpha value is -4.15. The lowest BCUT2D eigenvalue weighted by molar-refractivity contribution is 0.0692. The zero-order chi connectivity index (χ0) is 22.7. The number of carboxylic acid groups (broad SMARTS) is 1. The lowest BCUT2D eigenvalue weighted by Crippen LogP contribution is -2.14. The fourth-order valence-electron chi connectivity index (χ4n) is 3.22. The summed E-state index contributed by atoms with van der Waals surface area (Å²) in [7, 11) is -3.91. The van der Waals surface area contributed by atoms with Crippen molar-refractivity contribution in [1.29, 1.82) is 0 Å². The monoisotopic (exact) mass is 445 g/mol. The normalized spacial score (nSPS) is 10.9. The Morgan fingerprint density at radius 2 is 1.59 bits per heavy atom. The van der Waals surface area contributed by atoms with Gasteiger partial charge in [0.1, 0.15) is 5.82 Å². The van der Waals surface area contributed by atoms with Gasteiger partial charge in [-0.05, 0) is 41.8 Å². The molecular formula is C25H16FNO4S. The second kappa shape index (κ2) is 8.53. The number of hydrogen-bond acceptors (Lipinski definition) is 3. The van der Waals surface area contributed by atoms with E-state index in [4.69, 9.17) is 5.11 Å². The van der Waals surface area contributed by atoms with Crippen molar-refractivity contribution in [2.75, 3.05) is 4.72 Å². The minimum atomic E-state index is -3.91. The van der Waals surface area contributed by atoms with Crippen molar-refractivity contribution in [3.63, 3.8) is 0 Å². The van der Waals surface area contributed by atoms with Crippen LogP contribution < -0.4 is 4.72 Å². The van der Waals surface area contributed by atoms with Crippen LogP contribution in [0, 0.1) is 17.7 Å². The van der Waals surface area contributed by atoms with Crippen molar-refractivity contribution in [2.45, 2.75) is 4.90 Å². The van der Waals surface area contributed by atoms with Crippen LogP contribution in [0.5, 0.6) is 0 Å². The molecule has 0 bridgehead atoms. The third kappa shape index (κ3) is 4.31. The second-order valence-corrected chi connectivity index (χ2v) is 8.53. The van der Waals surface area contributed by atoms with Gasteiger partial charge >= 0.3 is 5.97 Å². The maximum absolute atomic E-state index is 13.9. The molecule has 0 heterocycles. The van der Waals surface area contributed by atoms with E-state index in [1.54, 1.807) is 42.5 Å². The van der Waals surface area contributed by atoms with Gasteiger partial charge in [-0.1, -0.05) is 60.4 Å². The number of nitrogens with one attached hydrogen (secondary N) is 1. The Balaban J connectivity index is 1.69. The van der Waals surface area contributed by atoms with Crippen molar-refractivity contribution in [1.82, 2.24) is 0 Å². The van der Waals surface area contributed by atoms with Gasteiger partial charge in [-0.3, -0.25) is 4.72 Å². The van der Waals surface area contributed by atoms with E-state index in [0.717, 1.165) is 17.5 Å². The molecular weight excluding hydrogens is 429 g/mol. The number of hydrogen-bond donors (Lipinski definition) is 2. The standard InChI is InChI=1S/C25H16FNO4S/c26-22-16-17(13-15-21(22)25(28)29)12-14-19-7-2-4-10-23(19)27-32(30,31)24-11-5-8-18-6-1-3-9-20(18)24/h1-11,13,15-16,27H,(H,28,29).